The van der Waals surface area contributed by atoms with Crippen LogP contribution in [0.25, 0.3) is 0 Å². The highest BCUT2D eigenvalue weighted by Crippen LogP contribution is 2.15. The Labute approximate surface area is 163 Å². The fraction of sp³-hybridized carbons (Fsp3) is 0.0870. The van der Waals surface area contributed by atoms with Gasteiger partial charge in [-0.1, -0.05) is 35.9 Å². The van der Waals surface area contributed by atoms with Gasteiger partial charge in [-0.2, -0.15) is 5.10 Å². The number of hydrogen-bond donors (Lipinski definition) is 1. The smallest absolute Gasteiger partial charge is 0.343 e. The Morgan fingerprint density at radius 3 is 2.39 bits per heavy atom. The Bertz CT molecular complexity index is 1020. The summed E-state index contributed by atoms with van der Waals surface area (Å²) in [6.45, 7) is 3.79. The van der Waals surface area contributed by atoms with Gasteiger partial charge in [-0.15, -0.1) is 0 Å². The molecule has 0 aliphatic heterocycles. The monoisotopic (exact) mass is 372 g/mol. The molecule has 3 aromatic rings. The number of carbonyl (C=O) groups is 2. The Morgan fingerprint density at radius 2 is 1.68 bits per heavy atom. The molecule has 3 aromatic carbocycles. The minimum atomic E-state index is -0.398. The van der Waals surface area contributed by atoms with Gasteiger partial charge in [0.05, 0.1) is 11.8 Å². The standard InChI is InChI=1S/C23H20N2O3/c1-16-6-5-8-19(14-16)22(26)25-24-15-18-10-12-20(13-11-18)28-23(27)21-9-4-3-7-17(21)2/h3-15H,1-2H3,(H,25,26)/b24-15+. The lowest BCUT2D eigenvalue weighted by Gasteiger charge is -2.06. The van der Waals surface area contributed by atoms with Gasteiger partial charge in [0, 0.05) is 5.56 Å². The van der Waals surface area contributed by atoms with Crippen LogP contribution in [0.3, 0.4) is 0 Å². The molecule has 0 radical (unpaired) electrons. The van der Waals surface area contributed by atoms with Crippen molar-refractivity contribution in [3.8, 4) is 5.75 Å². The minimum Gasteiger partial charge on any atom is -0.423 e. The lowest BCUT2D eigenvalue weighted by Crippen LogP contribution is -2.17. The fourth-order valence-corrected chi connectivity index (χ4v) is 2.60. The zero-order valence-electron chi connectivity index (χ0n) is 15.7. The van der Waals surface area contributed by atoms with Gasteiger partial charge in [-0.05, 0) is 67.4 Å². The van der Waals surface area contributed by atoms with E-state index in [0.717, 1.165) is 16.7 Å². The predicted molar refractivity (Wildman–Crippen MR) is 109 cm³/mol. The summed E-state index contributed by atoms with van der Waals surface area (Å²) in [4.78, 5) is 24.3. The Hall–Kier alpha value is -3.73. The van der Waals surface area contributed by atoms with E-state index in [-0.39, 0.29) is 5.91 Å². The first-order valence-electron chi connectivity index (χ1n) is 8.81. The van der Waals surface area contributed by atoms with Gasteiger partial charge in [-0.25, -0.2) is 10.2 Å². The molecule has 0 unspecified atom stereocenters. The number of amides is 1. The molecule has 140 valence electrons. The molecule has 0 fully saturated rings. The summed E-state index contributed by atoms with van der Waals surface area (Å²) in [6, 6.07) is 21.4. The summed E-state index contributed by atoms with van der Waals surface area (Å²) in [7, 11) is 0. The molecule has 5 heteroatoms. The number of hydrazone groups is 1. The zero-order valence-corrected chi connectivity index (χ0v) is 15.7. The van der Waals surface area contributed by atoms with Crippen LogP contribution in [0.2, 0.25) is 0 Å². The van der Waals surface area contributed by atoms with E-state index >= 15 is 0 Å². The van der Waals surface area contributed by atoms with Crippen molar-refractivity contribution in [3.63, 3.8) is 0 Å². The van der Waals surface area contributed by atoms with E-state index in [1.54, 1.807) is 48.5 Å². The highest BCUT2D eigenvalue weighted by molar-refractivity contribution is 5.95. The molecule has 28 heavy (non-hydrogen) atoms. The molecular weight excluding hydrogens is 352 g/mol. The Kier molecular flexibility index (Phi) is 5.97. The van der Waals surface area contributed by atoms with Crippen molar-refractivity contribution in [3.05, 3.63) is 101 Å². The number of nitrogens with zero attached hydrogens (tertiary/aromatic N) is 1. The van der Waals surface area contributed by atoms with Crippen LogP contribution in [0, 0.1) is 13.8 Å². The van der Waals surface area contributed by atoms with Gasteiger partial charge in [0.1, 0.15) is 5.75 Å². The largest absolute Gasteiger partial charge is 0.423 e. The molecule has 0 aliphatic carbocycles. The average Bonchev–Trinajstić information content (AvgIpc) is 2.69. The van der Waals surface area contributed by atoms with Gasteiger partial charge in [0.25, 0.3) is 5.91 Å². The van der Waals surface area contributed by atoms with Gasteiger partial charge in [-0.3, -0.25) is 4.79 Å². The number of hydrogen-bond acceptors (Lipinski definition) is 4. The number of benzene rings is 3. The maximum atomic E-state index is 12.2. The number of rotatable bonds is 5. The minimum absolute atomic E-state index is 0.274. The molecule has 5 nitrogen and oxygen atoms in total. The van der Waals surface area contributed by atoms with Crippen LogP contribution in [0.4, 0.5) is 0 Å². The van der Waals surface area contributed by atoms with Gasteiger partial charge in [0.2, 0.25) is 0 Å². The second-order valence-corrected chi connectivity index (χ2v) is 6.34. The van der Waals surface area contributed by atoms with Gasteiger partial charge >= 0.3 is 5.97 Å². The van der Waals surface area contributed by atoms with E-state index in [0.29, 0.717) is 16.9 Å². The molecule has 1 N–H and O–H groups in total. The van der Waals surface area contributed by atoms with E-state index in [4.69, 9.17) is 4.74 Å². The van der Waals surface area contributed by atoms with Crippen LogP contribution >= 0.6 is 0 Å². The highest BCUT2D eigenvalue weighted by Gasteiger charge is 2.10. The zero-order chi connectivity index (χ0) is 19.9. The summed E-state index contributed by atoms with van der Waals surface area (Å²) in [5.74, 6) is -0.233. The number of carbonyl (C=O) groups excluding carboxylic acids is 2. The van der Waals surface area contributed by atoms with E-state index in [1.165, 1.54) is 6.21 Å². The summed E-state index contributed by atoms with van der Waals surface area (Å²) in [6.07, 6.45) is 1.53. The maximum absolute atomic E-state index is 12.2. The first-order chi connectivity index (χ1) is 13.5. The van der Waals surface area contributed by atoms with Crippen LogP contribution in [-0.2, 0) is 0 Å². The third-order valence-corrected chi connectivity index (χ3v) is 4.12. The molecule has 0 aromatic heterocycles. The van der Waals surface area contributed by atoms with Crippen molar-refractivity contribution >= 4 is 18.1 Å². The summed E-state index contributed by atoms with van der Waals surface area (Å²) in [5.41, 5.74) is 6.21. The van der Waals surface area contributed by atoms with Crippen molar-refractivity contribution in [2.45, 2.75) is 13.8 Å². The third kappa shape index (κ3) is 4.92. The Morgan fingerprint density at radius 1 is 0.929 bits per heavy atom. The van der Waals surface area contributed by atoms with Crippen LogP contribution in [-0.4, -0.2) is 18.1 Å². The van der Waals surface area contributed by atoms with Crippen molar-refractivity contribution in [1.82, 2.24) is 5.43 Å². The van der Waals surface area contributed by atoms with Crippen LogP contribution in [0.5, 0.6) is 5.75 Å². The molecule has 1 amide bonds. The molecule has 0 spiro atoms. The molecule has 0 bridgehead atoms. The van der Waals surface area contributed by atoms with E-state index in [1.807, 2.05) is 38.1 Å². The topological polar surface area (TPSA) is 67.8 Å². The van der Waals surface area contributed by atoms with Crippen LogP contribution in [0.1, 0.15) is 37.4 Å². The molecular formula is C23H20N2O3. The fourth-order valence-electron chi connectivity index (χ4n) is 2.60. The molecule has 0 saturated carbocycles. The lowest BCUT2D eigenvalue weighted by atomic mass is 10.1. The molecule has 0 aliphatic rings. The van der Waals surface area contributed by atoms with E-state index in [9.17, 15) is 9.59 Å². The average molecular weight is 372 g/mol. The first kappa shape index (κ1) is 19.0. The number of ether oxygens (including phenoxy) is 1. The van der Waals surface area contributed by atoms with Gasteiger partial charge in [0.15, 0.2) is 0 Å². The lowest BCUT2D eigenvalue weighted by molar-refractivity contribution is 0.0733. The first-order valence-corrected chi connectivity index (χ1v) is 8.81. The molecule has 3 rings (SSSR count). The van der Waals surface area contributed by atoms with Crippen molar-refractivity contribution < 1.29 is 14.3 Å². The number of aryl methyl sites for hydroxylation is 2. The van der Waals surface area contributed by atoms with Gasteiger partial charge < -0.3 is 4.74 Å². The van der Waals surface area contributed by atoms with Crippen molar-refractivity contribution in [2.75, 3.05) is 0 Å². The van der Waals surface area contributed by atoms with E-state index in [2.05, 4.69) is 10.5 Å². The predicted octanol–water partition coefficient (Wildman–Crippen LogP) is 4.29. The molecule has 0 heterocycles. The maximum Gasteiger partial charge on any atom is 0.343 e. The molecule has 0 atom stereocenters. The quantitative estimate of drug-likeness (QED) is 0.314. The third-order valence-electron chi connectivity index (χ3n) is 4.12. The summed E-state index contributed by atoms with van der Waals surface area (Å²) < 4.78 is 5.39. The second-order valence-electron chi connectivity index (χ2n) is 6.34. The van der Waals surface area contributed by atoms with Crippen molar-refractivity contribution in [2.24, 2.45) is 5.10 Å². The van der Waals surface area contributed by atoms with Crippen molar-refractivity contribution in [1.29, 1.82) is 0 Å². The normalized spacial score (nSPS) is 10.6. The highest BCUT2D eigenvalue weighted by atomic mass is 16.5. The van der Waals surface area contributed by atoms with Crippen LogP contribution in [0.15, 0.2) is 77.9 Å². The van der Waals surface area contributed by atoms with E-state index < -0.39 is 5.97 Å². The second kappa shape index (κ2) is 8.77. The number of esters is 1. The Balaban J connectivity index is 1.58. The van der Waals surface area contributed by atoms with Crippen LogP contribution < -0.4 is 10.2 Å². The SMILES string of the molecule is Cc1cccc(C(=O)N/N=C/c2ccc(OC(=O)c3ccccc3C)cc2)c1. The molecule has 0 saturated heterocycles. The number of nitrogens with one attached hydrogen (secondary N) is 1. The summed E-state index contributed by atoms with van der Waals surface area (Å²) >= 11 is 0. The summed E-state index contributed by atoms with van der Waals surface area (Å²) in [5, 5.41) is 3.97.